The van der Waals surface area contributed by atoms with E-state index in [9.17, 15) is 19.7 Å². The summed E-state index contributed by atoms with van der Waals surface area (Å²) in [6.45, 7) is 1.74. The normalized spacial score (nSPS) is 10.1. The third-order valence-corrected chi connectivity index (χ3v) is 3.54. The van der Waals surface area contributed by atoms with Crippen molar-refractivity contribution < 1.29 is 14.5 Å². The van der Waals surface area contributed by atoms with E-state index in [1.54, 1.807) is 6.92 Å². The predicted octanol–water partition coefficient (Wildman–Crippen LogP) is 2.11. The van der Waals surface area contributed by atoms with Gasteiger partial charge in [-0.05, 0) is 6.92 Å². The van der Waals surface area contributed by atoms with Crippen molar-refractivity contribution in [2.75, 3.05) is 20.1 Å². The Labute approximate surface area is 131 Å². The van der Waals surface area contributed by atoms with Crippen molar-refractivity contribution in [2.24, 2.45) is 0 Å². The molecule has 0 atom stereocenters. The number of nitrogens with zero attached hydrogens (tertiary/aromatic N) is 2. The van der Waals surface area contributed by atoms with Gasteiger partial charge in [0, 0.05) is 25.7 Å². The Kier molecular flexibility index (Phi) is 5.92. The Bertz CT molecular complexity index is 592. The highest BCUT2D eigenvalue weighted by Crippen LogP contribution is 2.31. The van der Waals surface area contributed by atoms with Crippen LogP contribution in [-0.2, 0) is 4.79 Å². The second kappa shape index (κ2) is 7.24. The maximum atomic E-state index is 12.4. The molecule has 0 aliphatic rings. The van der Waals surface area contributed by atoms with Gasteiger partial charge in [-0.25, -0.2) is 0 Å². The molecule has 0 heterocycles. The maximum Gasteiger partial charge on any atom is 0.271 e. The van der Waals surface area contributed by atoms with Gasteiger partial charge in [-0.3, -0.25) is 19.7 Å². The molecule has 0 fully saturated rings. The van der Waals surface area contributed by atoms with Crippen LogP contribution in [0.1, 0.15) is 17.3 Å². The largest absolute Gasteiger partial charge is 0.358 e. The molecule has 0 spiro atoms. The number of carbonyl (C=O) groups is 2. The molecule has 0 aliphatic heterocycles. The minimum atomic E-state index is -0.673. The van der Waals surface area contributed by atoms with Crippen LogP contribution in [0.5, 0.6) is 0 Å². The molecule has 7 nitrogen and oxygen atoms in total. The zero-order valence-corrected chi connectivity index (χ0v) is 12.9. The van der Waals surface area contributed by atoms with Crippen LogP contribution in [0.3, 0.4) is 0 Å². The Balaban J connectivity index is 3.21. The zero-order valence-electron chi connectivity index (χ0n) is 11.4. The van der Waals surface area contributed by atoms with Crippen molar-refractivity contribution in [2.45, 2.75) is 6.92 Å². The second-order valence-corrected chi connectivity index (χ2v) is 4.82. The number of likely N-dealkylation sites (N-methyl/N-ethyl adjacent to an activating group) is 2. The summed E-state index contributed by atoms with van der Waals surface area (Å²) >= 11 is 11.7. The van der Waals surface area contributed by atoms with E-state index in [1.165, 1.54) is 11.9 Å². The highest BCUT2D eigenvalue weighted by atomic mass is 35.5. The van der Waals surface area contributed by atoms with Crippen LogP contribution in [-0.4, -0.2) is 41.8 Å². The zero-order chi connectivity index (χ0) is 16.2. The number of halogens is 2. The summed E-state index contributed by atoms with van der Waals surface area (Å²) < 4.78 is 0. The fourth-order valence-corrected chi connectivity index (χ4v) is 1.99. The van der Waals surface area contributed by atoms with Crippen LogP contribution in [0.4, 0.5) is 5.69 Å². The molecule has 114 valence electrons. The SMILES string of the molecule is CCN(CC(=O)NC)C(=O)c1cc([N+](=O)[O-])cc(Cl)c1Cl. The van der Waals surface area contributed by atoms with Gasteiger partial charge in [-0.1, -0.05) is 23.2 Å². The highest BCUT2D eigenvalue weighted by molar-refractivity contribution is 6.44. The summed E-state index contributed by atoms with van der Waals surface area (Å²) in [5.74, 6) is -0.963. The number of non-ortho nitro benzene ring substituents is 1. The molecule has 0 bridgehead atoms. The molecule has 0 saturated heterocycles. The lowest BCUT2D eigenvalue weighted by Gasteiger charge is -2.20. The minimum Gasteiger partial charge on any atom is -0.358 e. The van der Waals surface area contributed by atoms with Crippen molar-refractivity contribution in [1.82, 2.24) is 10.2 Å². The highest BCUT2D eigenvalue weighted by Gasteiger charge is 2.24. The molecule has 0 aromatic heterocycles. The van der Waals surface area contributed by atoms with E-state index in [1.807, 2.05) is 0 Å². The minimum absolute atomic E-state index is 0.0809. The number of nitro groups is 1. The van der Waals surface area contributed by atoms with Gasteiger partial charge >= 0.3 is 0 Å². The van der Waals surface area contributed by atoms with Gasteiger partial charge in [0.05, 0.1) is 27.1 Å². The Hall–Kier alpha value is -1.86. The Morgan fingerprint density at radius 1 is 1.38 bits per heavy atom. The van der Waals surface area contributed by atoms with E-state index in [0.29, 0.717) is 0 Å². The lowest BCUT2D eigenvalue weighted by atomic mass is 10.1. The number of carbonyl (C=O) groups excluding carboxylic acids is 2. The summed E-state index contributed by atoms with van der Waals surface area (Å²) in [4.78, 5) is 35.1. The Morgan fingerprint density at radius 2 is 2.00 bits per heavy atom. The fourth-order valence-electron chi connectivity index (χ4n) is 1.59. The van der Waals surface area contributed by atoms with Gasteiger partial charge in [-0.2, -0.15) is 0 Å². The number of hydrogen-bond donors (Lipinski definition) is 1. The van der Waals surface area contributed by atoms with Gasteiger partial charge in [0.2, 0.25) is 5.91 Å². The van der Waals surface area contributed by atoms with E-state index in [-0.39, 0.29) is 40.3 Å². The summed E-state index contributed by atoms with van der Waals surface area (Å²) in [6, 6.07) is 2.11. The lowest BCUT2D eigenvalue weighted by Crippen LogP contribution is -2.39. The summed E-state index contributed by atoms with van der Waals surface area (Å²) in [7, 11) is 1.44. The molecule has 1 aromatic carbocycles. The summed E-state index contributed by atoms with van der Waals surface area (Å²) in [5.41, 5.74) is -0.453. The van der Waals surface area contributed by atoms with E-state index in [2.05, 4.69) is 5.32 Å². The van der Waals surface area contributed by atoms with Crippen LogP contribution >= 0.6 is 23.2 Å². The molecule has 1 N–H and O–H groups in total. The first-order valence-electron chi connectivity index (χ1n) is 5.95. The smallest absolute Gasteiger partial charge is 0.271 e. The molecule has 9 heteroatoms. The van der Waals surface area contributed by atoms with E-state index >= 15 is 0 Å². The molecular weight excluding hydrogens is 321 g/mol. The van der Waals surface area contributed by atoms with Crippen molar-refractivity contribution in [3.8, 4) is 0 Å². The predicted molar refractivity (Wildman–Crippen MR) is 78.8 cm³/mol. The number of hydrogen-bond acceptors (Lipinski definition) is 4. The molecule has 21 heavy (non-hydrogen) atoms. The van der Waals surface area contributed by atoms with E-state index in [0.717, 1.165) is 12.1 Å². The molecule has 0 saturated carbocycles. The van der Waals surface area contributed by atoms with Crippen molar-refractivity contribution in [3.05, 3.63) is 37.9 Å². The molecule has 1 aromatic rings. The van der Waals surface area contributed by atoms with E-state index < -0.39 is 10.8 Å². The topological polar surface area (TPSA) is 92.6 Å². The van der Waals surface area contributed by atoms with E-state index in [4.69, 9.17) is 23.2 Å². The monoisotopic (exact) mass is 333 g/mol. The molecule has 0 radical (unpaired) electrons. The van der Waals surface area contributed by atoms with Crippen LogP contribution < -0.4 is 5.32 Å². The maximum absolute atomic E-state index is 12.4. The van der Waals surface area contributed by atoms with Gasteiger partial charge in [-0.15, -0.1) is 0 Å². The van der Waals surface area contributed by atoms with Gasteiger partial charge in [0.25, 0.3) is 11.6 Å². The van der Waals surface area contributed by atoms with Crippen LogP contribution in [0.15, 0.2) is 12.1 Å². The molecule has 2 amide bonds. The van der Waals surface area contributed by atoms with Crippen LogP contribution in [0, 0.1) is 10.1 Å². The molecule has 0 unspecified atom stereocenters. The average molecular weight is 334 g/mol. The van der Waals surface area contributed by atoms with Crippen LogP contribution in [0.25, 0.3) is 0 Å². The standard InChI is InChI=1S/C12H13Cl2N3O4/c1-3-16(6-10(18)15-2)12(19)8-4-7(17(20)21)5-9(13)11(8)14/h4-5H,3,6H2,1-2H3,(H,15,18). The average Bonchev–Trinajstić information content (AvgIpc) is 2.46. The van der Waals surface area contributed by atoms with Crippen molar-refractivity contribution in [3.63, 3.8) is 0 Å². The number of nitrogens with one attached hydrogen (secondary N) is 1. The van der Waals surface area contributed by atoms with Crippen molar-refractivity contribution in [1.29, 1.82) is 0 Å². The first-order chi connectivity index (χ1) is 9.81. The molecule has 1 rings (SSSR count). The second-order valence-electron chi connectivity index (χ2n) is 4.04. The lowest BCUT2D eigenvalue weighted by molar-refractivity contribution is -0.384. The van der Waals surface area contributed by atoms with Gasteiger partial charge in [0.1, 0.15) is 0 Å². The summed E-state index contributed by atoms with van der Waals surface area (Å²) in [6.07, 6.45) is 0. The number of benzene rings is 1. The van der Waals surface area contributed by atoms with Crippen LogP contribution in [0.2, 0.25) is 10.0 Å². The number of rotatable bonds is 5. The third kappa shape index (κ3) is 4.05. The van der Waals surface area contributed by atoms with Crippen molar-refractivity contribution >= 4 is 40.7 Å². The fraction of sp³-hybridized carbons (Fsp3) is 0.333. The quantitative estimate of drug-likeness (QED) is 0.659. The van der Waals surface area contributed by atoms with Gasteiger partial charge in [0.15, 0.2) is 0 Å². The molecular formula is C12H13Cl2N3O4. The third-order valence-electron chi connectivity index (χ3n) is 2.74. The first kappa shape index (κ1) is 17.2. The van der Waals surface area contributed by atoms with Gasteiger partial charge < -0.3 is 10.2 Å². The number of nitro benzene ring substituents is 1. The molecule has 0 aliphatic carbocycles. The number of amides is 2. The summed E-state index contributed by atoms with van der Waals surface area (Å²) in [5, 5.41) is 13.0. The Morgan fingerprint density at radius 3 is 2.48 bits per heavy atom. The first-order valence-corrected chi connectivity index (χ1v) is 6.70.